The number of hydrogen-bond acceptors (Lipinski definition) is 5. The summed E-state index contributed by atoms with van der Waals surface area (Å²) in [5.74, 6) is 0.493. The number of fused-ring (bicyclic) bond motifs is 1. The summed E-state index contributed by atoms with van der Waals surface area (Å²) in [7, 11) is 1.57. The molecule has 6 heteroatoms. The first-order valence-corrected chi connectivity index (χ1v) is 7.43. The Morgan fingerprint density at radius 1 is 1.43 bits per heavy atom. The largest absolute Gasteiger partial charge is 0.497 e. The molecular formula is C15H16N2O3S. The minimum atomic E-state index is -0.158. The molecule has 0 bridgehead atoms. The topological polar surface area (TPSA) is 73.6 Å². The average molecular weight is 304 g/mol. The summed E-state index contributed by atoms with van der Waals surface area (Å²) in [4.78, 5) is 14.2. The zero-order valence-electron chi connectivity index (χ0n) is 11.6. The Hall–Kier alpha value is -2.05. The average Bonchev–Trinajstić information content (AvgIpc) is 2.93. The highest BCUT2D eigenvalue weighted by molar-refractivity contribution is 7.14. The van der Waals surface area contributed by atoms with Crippen molar-refractivity contribution in [2.24, 2.45) is 0 Å². The Kier molecular flexibility index (Phi) is 3.81. The summed E-state index contributed by atoms with van der Waals surface area (Å²) < 4.78 is 10.5. The normalized spacial score (nSPS) is 13.6. The number of nitrogen functional groups attached to an aromatic ring is 1. The van der Waals surface area contributed by atoms with Gasteiger partial charge in [-0.3, -0.25) is 4.79 Å². The van der Waals surface area contributed by atoms with Crippen LogP contribution in [-0.2, 0) is 17.8 Å². The van der Waals surface area contributed by atoms with Crippen LogP contribution in [-0.4, -0.2) is 19.6 Å². The predicted octanol–water partition coefficient (Wildman–Crippen LogP) is 2.66. The van der Waals surface area contributed by atoms with Crippen molar-refractivity contribution in [1.29, 1.82) is 0 Å². The van der Waals surface area contributed by atoms with Crippen LogP contribution in [0.4, 0.5) is 11.4 Å². The van der Waals surface area contributed by atoms with Gasteiger partial charge in [0, 0.05) is 17.4 Å². The summed E-state index contributed by atoms with van der Waals surface area (Å²) >= 11 is 1.51. The van der Waals surface area contributed by atoms with Crippen molar-refractivity contribution in [2.45, 2.75) is 13.0 Å². The maximum absolute atomic E-state index is 12.3. The van der Waals surface area contributed by atoms with E-state index in [0.717, 1.165) is 18.6 Å². The standard InChI is InChI=1S/C15H16N2O3S/c1-19-10-2-3-11(16)12(7-10)17-15(18)14-6-9-8-20-5-4-13(9)21-14/h2-3,6-7H,4-5,8,16H2,1H3,(H,17,18). The highest BCUT2D eigenvalue weighted by Crippen LogP contribution is 2.29. The fourth-order valence-electron chi connectivity index (χ4n) is 2.21. The Balaban J connectivity index is 1.81. The molecule has 0 atom stereocenters. The van der Waals surface area contributed by atoms with Gasteiger partial charge >= 0.3 is 0 Å². The van der Waals surface area contributed by atoms with Crippen molar-refractivity contribution >= 4 is 28.6 Å². The van der Waals surface area contributed by atoms with Gasteiger partial charge in [0.1, 0.15) is 5.75 Å². The Bertz CT molecular complexity index is 658. The highest BCUT2D eigenvalue weighted by atomic mass is 32.1. The number of nitrogens with one attached hydrogen (secondary N) is 1. The van der Waals surface area contributed by atoms with Gasteiger partial charge in [0.25, 0.3) is 5.91 Å². The van der Waals surface area contributed by atoms with E-state index in [1.54, 1.807) is 25.3 Å². The van der Waals surface area contributed by atoms with Crippen LogP contribution >= 0.6 is 11.3 Å². The van der Waals surface area contributed by atoms with Crippen molar-refractivity contribution < 1.29 is 14.3 Å². The number of hydrogen-bond donors (Lipinski definition) is 2. The molecule has 1 amide bonds. The van der Waals surface area contributed by atoms with Crippen molar-refractivity contribution in [3.8, 4) is 5.75 Å². The number of benzene rings is 1. The first-order chi connectivity index (χ1) is 10.2. The number of carbonyl (C=O) groups is 1. The molecule has 0 aliphatic carbocycles. The Labute approximate surface area is 126 Å². The van der Waals surface area contributed by atoms with Crippen LogP contribution in [0.5, 0.6) is 5.75 Å². The molecule has 0 spiro atoms. The first kappa shape index (κ1) is 13.9. The van der Waals surface area contributed by atoms with E-state index >= 15 is 0 Å². The van der Waals surface area contributed by atoms with Gasteiger partial charge in [-0.15, -0.1) is 11.3 Å². The number of methoxy groups -OCH3 is 1. The SMILES string of the molecule is COc1ccc(N)c(NC(=O)c2cc3c(s2)CCOC3)c1. The van der Waals surface area contributed by atoms with E-state index in [4.69, 9.17) is 15.2 Å². The summed E-state index contributed by atoms with van der Waals surface area (Å²) in [6, 6.07) is 7.07. The van der Waals surface area contributed by atoms with E-state index < -0.39 is 0 Å². The number of rotatable bonds is 3. The van der Waals surface area contributed by atoms with Crippen molar-refractivity contribution in [2.75, 3.05) is 24.8 Å². The van der Waals surface area contributed by atoms with Crippen LogP contribution < -0.4 is 15.8 Å². The van der Waals surface area contributed by atoms with E-state index in [-0.39, 0.29) is 5.91 Å². The third-order valence-corrected chi connectivity index (χ3v) is 4.60. The van der Waals surface area contributed by atoms with E-state index in [0.29, 0.717) is 28.6 Å². The van der Waals surface area contributed by atoms with Gasteiger partial charge in [0.2, 0.25) is 0 Å². The number of ether oxygens (including phenoxy) is 2. The lowest BCUT2D eigenvalue weighted by Crippen LogP contribution is -2.11. The summed E-state index contributed by atoms with van der Waals surface area (Å²) in [5.41, 5.74) is 8.05. The molecule has 2 aromatic rings. The lowest BCUT2D eigenvalue weighted by molar-refractivity contribution is 0.102. The molecule has 2 heterocycles. The quantitative estimate of drug-likeness (QED) is 0.855. The fourth-order valence-corrected chi connectivity index (χ4v) is 3.26. The van der Waals surface area contributed by atoms with Gasteiger partial charge in [0.05, 0.1) is 36.6 Å². The molecule has 0 radical (unpaired) electrons. The van der Waals surface area contributed by atoms with E-state index in [1.165, 1.54) is 16.2 Å². The molecule has 1 aliphatic heterocycles. The number of carbonyl (C=O) groups excluding carboxylic acids is 1. The van der Waals surface area contributed by atoms with Gasteiger partial charge in [0.15, 0.2) is 0 Å². The van der Waals surface area contributed by atoms with Gasteiger partial charge in [-0.2, -0.15) is 0 Å². The summed E-state index contributed by atoms with van der Waals surface area (Å²) in [5, 5.41) is 2.84. The smallest absolute Gasteiger partial charge is 0.265 e. The molecule has 1 aliphatic rings. The summed E-state index contributed by atoms with van der Waals surface area (Å²) in [6.07, 6.45) is 0.870. The first-order valence-electron chi connectivity index (χ1n) is 6.61. The van der Waals surface area contributed by atoms with Crippen LogP contribution in [0, 0.1) is 0 Å². The second-order valence-corrected chi connectivity index (χ2v) is 5.91. The van der Waals surface area contributed by atoms with E-state index in [9.17, 15) is 4.79 Å². The Morgan fingerprint density at radius 2 is 2.29 bits per heavy atom. The molecule has 0 unspecified atom stereocenters. The third-order valence-electron chi connectivity index (χ3n) is 3.36. The molecular weight excluding hydrogens is 288 g/mol. The predicted molar refractivity (Wildman–Crippen MR) is 83.0 cm³/mol. The van der Waals surface area contributed by atoms with Crippen molar-refractivity contribution in [3.05, 3.63) is 39.6 Å². The van der Waals surface area contributed by atoms with Crippen LogP contribution in [0.3, 0.4) is 0 Å². The third kappa shape index (κ3) is 2.86. The van der Waals surface area contributed by atoms with Crippen LogP contribution in [0.1, 0.15) is 20.1 Å². The number of thiophene rings is 1. The lowest BCUT2D eigenvalue weighted by atomic mass is 10.2. The van der Waals surface area contributed by atoms with Gasteiger partial charge in [-0.25, -0.2) is 0 Å². The molecule has 21 heavy (non-hydrogen) atoms. The Morgan fingerprint density at radius 3 is 3.05 bits per heavy atom. The molecule has 110 valence electrons. The lowest BCUT2D eigenvalue weighted by Gasteiger charge is -2.10. The van der Waals surface area contributed by atoms with Crippen molar-refractivity contribution in [3.63, 3.8) is 0 Å². The number of amides is 1. The molecule has 5 nitrogen and oxygen atoms in total. The molecule has 0 saturated carbocycles. The molecule has 0 fully saturated rings. The second kappa shape index (κ2) is 5.75. The fraction of sp³-hybridized carbons (Fsp3) is 0.267. The molecule has 1 aromatic carbocycles. The summed E-state index contributed by atoms with van der Waals surface area (Å²) in [6.45, 7) is 1.30. The van der Waals surface area contributed by atoms with Crippen LogP contribution in [0.15, 0.2) is 24.3 Å². The van der Waals surface area contributed by atoms with E-state index in [1.807, 2.05) is 6.07 Å². The van der Waals surface area contributed by atoms with Crippen LogP contribution in [0.25, 0.3) is 0 Å². The number of nitrogens with two attached hydrogens (primary N) is 1. The maximum atomic E-state index is 12.3. The maximum Gasteiger partial charge on any atom is 0.265 e. The van der Waals surface area contributed by atoms with Gasteiger partial charge in [-0.1, -0.05) is 0 Å². The zero-order valence-corrected chi connectivity index (χ0v) is 12.5. The molecule has 3 N–H and O–H groups in total. The molecule has 3 rings (SSSR count). The van der Waals surface area contributed by atoms with Crippen LogP contribution in [0.2, 0.25) is 0 Å². The monoisotopic (exact) mass is 304 g/mol. The number of anilines is 2. The van der Waals surface area contributed by atoms with Crippen molar-refractivity contribution in [1.82, 2.24) is 0 Å². The van der Waals surface area contributed by atoms with Gasteiger partial charge < -0.3 is 20.5 Å². The minimum absolute atomic E-state index is 0.158. The van der Waals surface area contributed by atoms with E-state index in [2.05, 4.69) is 5.32 Å². The second-order valence-electron chi connectivity index (χ2n) is 4.77. The minimum Gasteiger partial charge on any atom is -0.497 e. The zero-order chi connectivity index (χ0) is 14.8. The van der Waals surface area contributed by atoms with Gasteiger partial charge in [-0.05, 0) is 23.8 Å². The molecule has 0 saturated heterocycles. The molecule has 1 aromatic heterocycles. The highest BCUT2D eigenvalue weighted by Gasteiger charge is 2.18.